The smallest absolute Gasteiger partial charge is 0.243 e. The average Bonchev–Trinajstić information content (AvgIpc) is 2.85. The van der Waals surface area contributed by atoms with Crippen LogP contribution in [0.3, 0.4) is 0 Å². The molecule has 34 heavy (non-hydrogen) atoms. The van der Waals surface area contributed by atoms with Crippen molar-refractivity contribution in [3.05, 3.63) is 95.2 Å². The van der Waals surface area contributed by atoms with Crippen LogP contribution < -0.4 is 10.1 Å². The Bertz CT molecular complexity index is 1130. The van der Waals surface area contributed by atoms with E-state index < -0.39 is 6.04 Å². The van der Waals surface area contributed by atoms with Crippen molar-refractivity contribution in [2.24, 2.45) is 5.92 Å². The van der Waals surface area contributed by atoms with Crippen LogP contribution in [0.2, 0.25) is 0 Å². The Hall–Kier alpha value is -3.67. The van der Waals surface area contributed by atoms with Crippen LogP contribution in [0.1, 0.15) is 42.5 Å². The third kappa shape index (κ3) is 6.01. The summed E-state index contributed by atoms with van der Waals surface area (Å²) in [6, 6.07) is 21.1. The van der Waals surface area contributed by atoms with Gasteiger partial charge in [0.15, 0.2) is 0 Å². The zero-order valence-corrected chi connectivity index (χ0v) is 19.7. The minimum absolute atomic E-state index is 0.0187. The minimum Gasteiger partial charge on any atom is -0.473 e. The van der Waals surface area contributed by atoms with Gasteiger partial charge in [0.1, 0.15) is 12.6 Å². The fraction of sp³-hybridized carbons (Fsp3) is 0.321. The predicted octanol–water partition coefficient (Wildman–Crippen LogP) is 4.28. The number of benzene rings is 2. The number of aromatic nitrogens is 1. The number of fused-ring (bicyclic) bond motifs is 1. The second-order valence-electron chi connectivity index (χ2n) is 9.10. The first-order chi connectivity index (χ1) is 16.5. The highest BCUT2D eigenvalue weighted by Crippen LogP contribution is 2.25. The monoisotopic (exact) mass is 457 g/mol. The van der Waals surface area contributed by atoms with E-state index >= 15 is 0 Å². The van der Waals surface area contributed by atoms with Gasteiger partial charge in [-0.2, -0.15) is 0 Å². The van der Waals surface area contributed by atoms with E-state index in [1.165, 1.54) is 0 Å². The molecule has 2 heterocycles. The fourth-order valence-electron chi connectivity index (χ4n) is 4.16. The Morgan fingerprint density at radius 3 is 2.53 bits per heavy atom. The lowest BCUT2D eigenvalue weighted by Gasteiger charge is -2.36. The number of ether oxygens (including phenoxy) is 1. The van der Waals surface area contributed by atoms with Gasteiger partial charge >= 0.3 is 0 Å². The van der Waals surface area contributed by atoms with E-state index in [-0.39, 0.29) is 17.7 Å². The van der Waals surface area contributed by atoms with Crippen molar-refractivity contribution in [3.63, 3.8) is 0 Å². The van der Waals surface area contributed by atoms with E-state index in [0.29, 0.717) is 38.4 Å². The standard InChI is InChI=1S/C28H31N3O3/c1-20(2)14-27(32)31-18-24-11-7-6-10-23(24)16-25(31)28(33)30-17-22-12-13-29-26(15-22)34-19-21-8-4-3-5-9-21/h3-13,15,20,25H,14,16-19H2,1-2H3,(H,30,33). The zero-order valence-electron chi connectivity index (χ0n) is 19.7. The van der Waals surface area contributed by atoms with E-state index in [0.717, 1.165) is 22.3 Å². The lowest BCUT2D eigenvalue weighted by molar-refractivity contribution is -0.142. The summed E-state index contributed by atoms with van der Waals surface area (Å²) in [7, 11) is 0. The van der Waals surface area contributed by atoms with Crippen LogP contribution in [0.5, 0.6) is 5.88 Å². The average molecular weight is 458 g/mol. The molecule has 6 heteroatoms. The number of amides is 2. The first-order valence-corrected chi connectivity index (χ1v) is 11.7. The summed E-state index contributed by atoms with van der Waals surface area (Å²) >= 11 is 0. The van der Waals surface area contributed by atoms with Gasteiger partial charge < -0.3 is 15.0 Å². The molecule has 1 N–H and O–H groups in total. The summed E-state index contributed by atoms with van der Waals surface area (Å²) in [5.74, 6) is 0.621. The third-order valence-electron chi connectivity index (χ3n) is 5.95. The van der Waals surface area contributed by atoms with E-state index in [2.05, 4.69) is 10.3 Å². The maximum Gasteiger partial charge on any atom is 0.243 e. The summed E-state index contributed by atoms with van der Waals surface area (Å²) in [4.78, 5) is 32.2. The van der Waals surface area contributed by atoms with Crippen molar-refractivity contribution in [2.75, 3.05) is 0 Å². The van der Waals surface area contributed by atoms with E-state index in [4.69, 9.17) is 4.74 Å². The first-order valence-electron chi connectivity index (χ1n) is 11.7. The molecule has 0 aliphatic carbocycles. The molecule has 0 radical (unpaired) electrons. The third-order valence-corrected chi connectivity index (χ3v) is 5.95. The zero-order chi connectivity index (χ0) is 23.9. The normalized spacial score (nSPS) is 15.0. The predicted molar refractivity (Wildman–Crippen MR) is 131 cm³/mol. The molecule has 2 aromatic carbocycles. The number of rotatable bonds is 8. The van der Waals surface area contributed by atoms with Gasteiger partial charge in [-0.25, -0.2) is 4.98 Å². The van der Waals surface area contributed by atoms with Crippen LogP contribution in [0, 0.1) is 5.92 Å². The maximum atomic E-state index is 13.2. The van der Waals surface area contributed by atoms with Gasteiger partial charge in [-0.1, -0.05) is 68.4 Å². The lowest BCUT2D eigenvalue weighted by atomic mass is 9.92. The molecule has 1 unspecified atom stereocenters. The molecule has 4 rings (SSSR count). The molecule has 0 saturated heterocycles. The fourth-order valence-corrected chi connectivity index (χ4v) is 4.16. The highest BCUT2D eigenvalue weighted by Gasteiger charge is 2.34. The number of carbonyl (C=O) groups excluding carboxylic acids is 2. The number of pyridine rings is 1. The number of hydrogen-bond donors (Lipinski definition) is 1. The molecule has 0 saturated carbocycles. The van der Waals surface area contributed by atoms with E-state index in [9.17, 15) is 9.59 Å². The Labute approximate surface area is 201 Å². The van der Waals surface area contributed by atoms with Crippen LogP contribution >= 0.6 is 0 Å². The van der Waals surface area contributed by atoms with Crippen molar-refractivity contribution in [2.45, 2.75) is 52.4 Å². The largest absolute Gasteiger partial charge is 0.473 e. The lowest BCUT2D eigenvalue weighted by Crippen LogP contribution is -2.52. The molecule has 0 fully saturated rings. The number of carbonyl (C=O) groups is 2. The number of nitrogens with one attached hydrogen (secondary N) is 1. The highest BCUT2D eigenvalue weighted by molar-refractivity contribution is 5.88. The van der Waals surface area contributed by atoms with Crippen molar-refractivity contribution >= 4 is 11.8 Å². The second-order valence-corrected chi connectivity index (χ2v) is 9.10. The number of nitrogens with zero attached hydrogens (tertiary/aromatic N) is 2. The summed E-state index contributed by atoms with van der Waals surface area (Å²) in [6.45, 7) is 5.27. The topological polar surface area (TPSA) is 71.5 Å². The van der Waals surface area contributed by atoms with Crippen molar-refractivity contribution in [1.29, 1.82) is 0 Å². The Morgan fingerprint density at radius 1 is 1.03 bits per heavy atom. The molecule has 176 valence electrons. The minimum atomic E-state index is -0.517. The summed E-state index contributed by atoms with van der Waals surface area (Å²) in [5, 5.41) is 3.02. The van der Waals surface area contributed by atoms with Crippen LogP contribution in [0.15, 0.2) is 72.9 Å². The molecule has 1 aliphatic heterocycles. The van der Waals surface area contributed by atoms with Crippen LogP contribution in [-0.2, 0) is 35.7 Å². The summed E-state index contributed by atoms with van der Waals surface area (Å²) < 4.78 is 5.80. The summed E-state index contributed by atoms with van der Waals surface area (Å²) in [6.07, 6.45) is 2.63. The van der Waals surface area contributed by atoms with Gasteiger partial charge in [-0.3, -0.25) is 9.59 Å². The molecular formula is C28H31N3O3. The molecule has 0 spiro atoms. The van der Waals surface area contributed by atoms with Crippen LogP contribution in [-0.4, -0.2) is 27.7 Å². The van der Waals surface area contributed by atoms with E-state index in [1.807, 2.05) is 80.6 Å². The molecule has 6 nitrogen and oxygen atoms in total. The maximum absolute atomic E-state index is 13.2. The molecule has 2 amide bonds. The van der Waals surface area contributed by atoms with Crippen molar-refractivity contribution < 1.29 is 14.3 Å². The van der Waals surface area contributed by atoms with Gasteiger partial charge in [0, 0.05) is 38.2 Å². The van der Waals surface area contributed by atoms with E-state index in [1.54, 1.807) is 11.1 Å². The quantitative estimate of drug-likeness (QED) is 0.548. The van der Waals surface area contributed by atoms with Gasteiger partial charge in [-0.15, -0.1) is 0 Å². The first kappa shape index (κ1) is 23.5. The summed E-state index contributed by atoms with van der Waals surface area (Å²) in [5.41, 5.74) is 4.18. The number of hydrogen-bond acceptors (Lipinski definition) is 4. The molecular weight excluding hydrogens is 426 g/mol. The SMILES string of the molecule is CC(C)CC(=O)N1Cc2ccccc2CC1C(=O)NCc1ccnc(OCc2ccccc2)c1. The van der Waals surface area contributed by atoms with Crippen LogP contribution in [0.4, 0.5) is 0 Å². The molecule has 0 bridgehead atoms. The van der Waals surface area contributed by atoms with Gasteiger partial charge in [-0.05, 0) is 34.2 Å². The molecule has 3 aromatic rings. The molecule has 1 atom stereocenters. The molecule has 1 aliphatic rings. The van der Waals surface area contributed by atoms with Gasteiger partial charge in [0.25, 0.3) is 0 Å². The second kappa shape index (κ2) is 11.0. The Morgan fingerprint density at radius 2 is 1.76 bits per heavy atom. The van der Waals surface area contributed by atoms with Crippen molar-refractivity contribution in [1.82, 2.24) is 15.2 Å². The van der Waals surface area contributed by atoms with Gasteiger partial charge in [0.05, 0.1) is 0 Å². The molecule has 1 aromatic heterocycles. The van der Waals surface area contributed by atoms with Crippen molar-refractivity contribution in [3.8, 4) is 5.88 Å². The highest BCUT2D eigenvalue weighted by atomic mass is 16.5. The Kier molecular flexibility index (Phi) is 7.58. The Balaban J connectivity index is 1.41. The van der Waals surface area contributed by atoms with Gasteiger partial charge in [0.2, 0.25) is 17.7 Å². The van der Waals surface area contributed by atoms with Crippen LogP contribution in [0.25, 0.3) is 0 Å².